The van der Waals surface area contributed by atoms with E-state index in [1.807, 2.05) is 68.4 Å². The minimum Gasteiger partial charge on any atom is -0.506 e. The van der Waals surface area contributed by atoms with Crippen molar-refractivity contribution in [1.82, 2.24) is 15.6 Å². The van der Waals surface area contributed by atoms with Gasteiger partial charge < -0.3 is 25.8 Å². The summed E-state index contributed by atoms with van der Waals surface area (Å²) < 4.78 is 0. The first-order chi connectivity index (χ1) is 20.2. The number of aromatic nitrogens is 1. The Kier molecular flexibility index (Phi) is 8.52. The van der Waals surface area contributed by atoms with Gasteiger partial charge in [0, 0.05) is 35.6 Å². The van der Waals surface area contributed by atoms with Crippen molar-refractivity contribution < 1.29 is 15.0 Å². The van der Waals surface area contributed by atoms with Crippen LogP contribution in [0.1, 0.15) is 47.0 Å². The molecular weight excluding hydrogens is 526 g/mol. The number of aromatic hydroxyl groups is 1. The van der Waals surface area contributed by atoms with Crippen molar-refractivity contribution in [2.75, 3.05) is 6.54 Å². The molecule has 0 unspecified atom stereocenters. The standard InChI is InChI=1S/C35H35N3O4/c1-35(2,37-22-31(40)28-14-16-30(39)33-29(28)15-17-32(41)38-33)20-23-8-6-13-27(18-23)34(42)36-21-24-9-7-12-26(19-24)25-10-4-3-5-11-25/h3-19,31,37,39-40H,20-22H2,1-2H3,(H,36,42)(H,38,41)/t31-/m1/s1. The highest BCUT2D eigenvalue weighted by molar-refractivity contribution is 5.94. The summed E-state index contributed by atoms with van der Waals surface area (Å²) in [6.45, 7) is 4.76. The number of aliphatic hydroxyl groups excluding tert-OH is 1. The van der Waals surface area contributed by atoms with Gasteiger partial charge in [0.25, 0.3) is 5.91 Å². The number of benzene rings is 4. The average molecular weight is 562 g/mol. The minimum atomic E-state index is -0.865. The van der Waals surface area contributed by atoms with Crippen LogP contribution in [-0.4, -0.2) is 33.2 Å². The van der Waals surface area contributed by atoms with Gasteiger partial charge in [-0.25, -0.2) is 0 Å². The van der Waals surface area contributed by atoms with Crippen LogP contribution in [0.5, 0.6) is 5.75 Å². The first-order valence-electron chi connectivity index (χ1n) is 14.0. The molecule has 0 saturated carbocycles. The maximum absolute atomic E-state index is 13.0. The number of β-amino-alcohol motifs (C(OH)–C–C–N with tert-alkyl or cyclic N) is 1. The van der Waals surface area contributed by atoms with Gasteiger partial charge in [0.15, 0.2) is 0 Å². The number of aromatic amines is 1. The van der Waals surface area contributed by atoms with Gasteiger partial charge in [-0.2, -0.15) is 0 Å². The number of amides is 1. The minimum absolute atomic E-state index is 0.0449. The van der Waals surface area contributed by atoms with Crippen molar-refractivity contribution in [2.45, 2.75) is 38.5 Å². The largest absolute Gasteiger partial charge is 0.506 e. The van der Waals surface area contributed by atoms with E-state index in [-0.39, 0.29) is 23.8 Å². The lowest BCUT2D eigenvalue weighted by molar-refractivity contribution is 0.0950. The summed E-state index contributed by atoms with van der Waals surface area (Å²) in [7, 11) is 0. The van der Waals surface area contributed by atoms with Crippen LogP contribution < -0.4 is 16.2 Å². The smallest absolute Gasteiger partial charge is 0.251 e. The molecule has 1 aromatic heterocycles. The number of carbonyl (C=O) groups is 1. The van der Waals surface area contributed by atoms with Crippen LogP contribution in [0.2, 0.25) is 0 Å². The van der Waals surface area contributed by atoms with Crippen LogP contribution >= 0.6 is 0 Å². The van der Waals surface area contributed by atoms with Crippen LogP contribution in [0, 0.1) is 0 Å². The van der Waals surface area contributed by atoms with Gasteiger partial charge in [0.2, 0.25) is 5.56 Å². The quantitative estimate of drug-likeness (QED) is 0.155. The molecule has 4 aromatic carbocycles. The fourth-order valence-corrected chi connectivity index (χ4v) is 5.20. The lowest BCUT2D eigenvalue weighted by atomic mass is 9.93. The molecule has 7 nitrogen and oxygen atoms in total. The Morgan fingerprint density at radius 2 is 1.60 bits per heavy atom. The second kappa shape index (κ2) is 12.4. The van der Waals surface area contributed by atoms with Crippen LogP contribution in [0.4, 0.5) is 0 Å². The zero-order valence-corrected chi connectivity index (χ0v) is 23.7. The first kappa shape index (κ1) is 28.8. The van der Waals surface area contributed by atoms with E-state index in [4.69, 9.17) is 0 Å². The van der Waals surface area contributed by atoms with Crippen molar-refractivity contribution in [2.24, 2.45) is 0 Å². The van der Waals surface area contributed by atoms with Gasteiger partial charge in [-0.05, 0) is 78.4 Å². The number of carbonyl (C=O) groups excluding carboxylic acids is 1. The Bertz CT molecular complexity index is 1760. The Balaban J connectivity index is 1.20. The number of phenolic OH excluding ortho intramolecular Hbond substituents is 1. The maximum atomic E-state index is 13.0. The molecule has 5 N–H and O–H groups in total. The molecule has 0 aliphatic rings. The van der Waals surface area contributed by atoms with E-state index in [9.17, 15) is 19.8 Å². The van der Waals surface area contributed by atoms with Crippen molar-refractivity contribution in [1.29, 1.82) is 0 Å². The lowest BCUT2D eigenvalue weighted by Crippen LogP contribution is -2.43. The van der Waals surface area contributed by atoms with Crippen molar-refractivity contribution >= 4 is 16.8 Å². The summed E-state index contributed by atoms with van der Waals surface area (Å²) in [6.07, 6.45) is -0.236. The molecule has 1 atom stereocenters. The van der Waals surface area contributed by atoms with E-state index in [0.29, 0.717) is 35.0 Å². The van der Waals surface area contributed by atoms with Crippen molar-refractivity contribution in [3.63, 3.8) is 0 Å². The number of H-pyrrole nitrogens is 1. The second-order valence-electron chi connectivity index (χ2n) is 11.2. The molecule has 0 radical (unpaired) electrons. The molecule has 0 aliphatic heterocycles. The Morgan fingerprint density at radius 1 is 0.857 bits per heavy atom. The second-order valence-corrected chi connectivity index (χ2v) is 11.2. The summed E-state index contributed by atoms with van der Waals surface area (Å²) in [5.74, 6) is -0.183. The summed E-state index contributed by atoms with van der Waals surface area (Å²) >= 11 is 0. The Hall–Kier alpha value is -4.72. The fraction of sp³-hybridized carbons (Fsp3) is 0.200. The van der Waals surface area contributed by atoms with E-state index >= 15 is 0 Å². The van der Waals surface area contributed by atoms with Gasteiger partial charge in [-0.3, -0.25) is 9.59 Å². The number of fused-ring (bicyclic) bond motifs is 1. The molecule has 1 amide bonds. The van der Waals surface area contributed by atoms with Gasteiger partial charge in [-0.1, -0.05) is 66.7 Å². The summed E-state index contributed by atoms with van der Waals surface area (Å²) in [5.41, 5.74) is 5.05. The lowest BCUT2D eigenvalue weighted by Gasteiger charge is -2.28. The van der Waals surface area contributed by atoms with Crippen LogP contribution in [0.25, 0.3) is 22.0 Å². The molecule has 0 spiro atoms. The van der Waals surface area contributed by atoms with Gasteiger partial charge >= 0.3 is 0 Å². The van der Waals surface area contributed by atoms with E-state index < -0.39 is 11.6 Å². The van der Waals surface area contributed by atoms with Gasteiger partial charge in [0.1, 0.15) is 5.75 Å². The predicted molar refractivity (Wildman–Crippen MR) is 166 cm³/mol. The molecule has 214 valence electrons. The molecule has 5 rings (SSSR count). The third-order valence-corrected chi connectivity index (χ3v) is 7.36. The molecule has 5 aromatic rings. The molecular formula is C35H35N3O4. The number of nitrogens with one attached hydrogen (secondary N) is 3. The maximum Gasteiger partial charge on any atom is 0.251 e. The summed E-state index contributed by atoms with van der Waals surface area (Å²) in [6, 6.07) is 32.0. The van der Waals surface area contributed by atoms with Crippen molar-refractivity contribution in [3.05, 3.63) is 136 Å². The van der Waals surface area contributed by atoms with Crippen LogP contribution in [0.3, 0.4) is 0 Å². The van der Waals surface area contributed by atoms with Crippen LogP contribution in [0.15, 0.2) is 108 Å². The number of aliphatic hydroxyl groups is 1. The van der Waals surface area contributed by atoms with Gasteiger partial charge in [0.05, 0.1) is 11.6 Å². The predicted octanol–water partition coefficient (Wildman–Crippen LogP) is 5.48. The van der Waals surface area contributed by atoms with E-state index in [2.05, 4.69) is 39.9 Å². The van der Waals surface area contributed by atoms with E-state index in [1.54, 1.807) is 12.1 Å². The third-order valence-electron chi connectivity index (χ3n) is 7.36. The summed E-state index contributed by atoms with van der Waals surface area (Å²) in [5, 5.41) is 28.2. The topological polar surface area (TPSA) is 114 Å². The number of pyridine rings is 1. The zero-order chi connectivity index (χ0) is 29.7. The third kappa shape index (κ3) is 6.94. The number of rotatable bonds is 10. The van der Waals surface area contributed by atoms with Gasteiger partial charge in [-0.15, -0.1) is 0 Å². The molecule has 7 heteroatoms. The molecule has 0 fully saturated rings. The normalized spacial score (nSPS) is 12.3. The van der Waals surface area contributed by atoms with E-state index in [1.165, 1.54) is 12.1 Å². The monoisotopic (exact) mass is 561 g/mol. The molecule has 0 saturated heterocycles. The van der Waals surface area contributed by atoms with E-state index in [0.717, 1.165) is 22.3 Å². The number of hydrogen-bond donors (Lipinski definition) is 5. The molecule has 42 heavy (non-hydrogen) atoms. The molecule has 0 aliphatic carbocycles. The Morgan fingerprint density at radius 3 is 2.40 bits per heavy atom. The van der Waals surface area contributed by atoms with Crippen LogP contribution in [-0.2, 0) is 13.0 Å². The molecule has 1 heterocycles. The summed E-state index contributed by atoms with van der Waals surface area (Å²) in [4.78, 5) is 27.4. The number of hydrogen-bond acceptors (Lipinski definition) is 5. The SMILES string of the molecule is CC(C)(Cc1cccc(C(=O)NCc2cccc(-c3ccccc3)c2)c1)NC[C@@H](O)c1ccc(O)c2[nH]c(=O)ccc12. The highest BCUT2D eigenvalue weighted by atomic mass is 16.3. The number of phenols is 1. The zero-order valence-electron chi connectivity index (χ0n) is 23.7. The molecule has 0 bridgehead atoms. The fourth-order valence-electron chi connectivity index (χ4n) is 5.20. The Labute approximate surface area is 244 Å². The first-order valence-corrected chi connectivity index (χ1v) is 14.0. The average Bonchev–Trinajstić information content (AvgIpc) is 2.99. The highest BCUT2D eigenvalue weighted by Gasteiger charge is 2.22. The van der Waals surface area contributed by atoms with Crippen molar-refractivity contribution in [3.8, 4) is 16.9 Å². The highest BCUT2D eigenvalue weighted by Crippen LogP contribution is 2.29.